The van der Waals surface area contributed by atoms with Crippen LogP contribution >= 0.6 is 0 Å². The molecule has 1 atom stereocenters. The molecule has 8 heteroatoms. The Labute approximate surface area is 179 Å². The molecule has 1 aliphatic rings. The number of carboxylic acids is 1. The number of hydrogen-bond donors (Lipinski definition) is 2. The standard InChI is InChI=1S/C23H22N2O6/c1-29-15-6-4-5-14(10-15)25-12-17(23(27)28)21-22(25)16(11-20(26)24-21)13-7-8-18(30-2)19(9-13)31-3/h4-10,12,16H,11H2,1-3H3,(H,24,26)(H,27,28)/t16-/m0/s1. The number of fused-ring (bicyclic) bond motifs is 1. The van der Waals surface area contributed by atoms with Gasteiger partial charge in [0.2, 0.25) is 5.91 Å². The quantitative estimate of drug-likeness (QED) is 0.629. The van der Waals surface area contributed by atoms with E-state index in [1.54, 1.807) is 32.0 Å². The van der Waals surface area contributed by atoms with Crippen LogP contribution in [0.5, 0.6) is 17.2 Å². The zero-order valence-electron chi connectivity index (χ0n) is 17.3. The lowest BCUT2D eigenvalue weighted by Crippen LogP contribution is -2.25. The number of aromatic carboxylic acids is 1. The fourth-order valence-corrected chi connectivity index (χ4v) is 3.95. The molecule has 0 fully saturated rings. The van der Waals surface area contributed by atoms with Crippen LogP contribution in [0, 0.1) is 0 Å². The highest BCUT2D eigenvalue weighted by atomic mass is 16.5. The molecule has 0 bridgehead atoms. The van der Waals surface area contributed by atoms with Crippen LogP contribution in [0.3, 0.4) is 0 Å². The van der Waals surface area contributed by atoms with Crippen molar-refractivity contribution < 1.29 is 28.9 Å². The van der Waals surface area contributed by atoms with E-state index in [-0.39, 0.29) is 23.8 Å². The molecule has 1 aromatic heterocycles. The average molecular weight is 422 g/mol. The molecule has 2 N–H and O–H groups in total. The summed E-state index contributed by atoms with van der Waals surface area (Å²) in [4.78, 5) is 24.5. The van der Waals surface area contributed by atoms with Gasteiger partial charge in [-0.25, -0.2) is 4.79 Å². The van der Waals surface area contributed by atoms with Gasteiger partial charge in [0.05, 0.1) is 32.7 Å². The van der Waals surface area contributed by atoms with Crippen molar-refractivity contribution in [3.05, 3.63) is 65.5 Å². The third-order valence-corrected chi connectivity index (χ3v) is 5.40. The van der Waals surface area contributed by atoms with E-state index in [9.17, 15) is 14.7 Å². The van der Waals surface area contributed by atoms with E-state index >= 15 is 0 Å². The first-order valence-electron chi connectivity index (χ1n) is 9.61. The predicted molar refractivity (Wildman–Crippen MR) is 114 cm³/mol. The van der Waals surface area contributed by atoms with Gasteiger partial charge in [0, 0.05) is 30.3 Å². The van der Waals surface area contributed by atoms with Gasteiger partial charge < -0.3 is 29.2 Å². The van der Waals surface area contributed by atoms with E-state index in [4.69, 9.17) is 14.2 Å². The highest BCUT2D eigenvalue weighted by Gasteiger charge is 2.34. The van der Waals surface area contributed by atoms with E-state index in [1.807, 2.05) is 36.4 Å². The Bertz CT molecular complexity index is 1170. The van der Waals surface area contributed by atoms with Crippen LogP contribution in [0.2, 0.25) is 0 Å². The number of carbonyl (C=O) groups is 2. The van der Waals surface area contributed by atoms with E-state index in [0.717, 1.165) is 11.3 Å². The lowest BCUT2D eigenvalue weighted by molar-refractivity contribution is -0.116. The first-order valence-corrected chi connectivity index (χ1v) is 9.61. The molecule has 31 heavy (non-hydrogen) atoms. The summed E-state index contributed by atoms with van der Waals surface area (Å²) in [6, 6.07) is 12.8. The van der Waals surface area contributed by atoms with Crippen molar-refractivity contribution in [1.29, 1.82) is 0 Å². The first-order chi connectivity index (χ1) is 15.0. The van der Waals surface area contributed by atoms with Crippen LogP contribution in [-0.2, 0) is 4.79 Å². The molecule has 1 amide bonds. The van der Waals surface area contributed by atoms with Crippen molar-refractivity contribution in [3.8, 4) is 22.9 Å². The molecule has 2 heterocycles. The van der Waals surface area contributed by atoms with E-state index in [2.05, 4.69) is 5.32 Å². The van der Waals surface area contributed by atoms with Crippen molar-refractivity contribution in [3.63, 3.8) is 0 Å². The summed E-state index contributed by atoms with van der Waals surface area (Å²) in [5.41, 5.74) is 2.54. The van der Waals surface area contributed by atoms with Crippen LogP contribution in [0.25, 0.3) is 5.69 Å². The molecule has 0 radical (unpaired) electrons. The van der Waals surface area contributed by atoms with Gasteiger partial charge >= 0.3 is 5.97 Å². The van der Waals surface area contributed by atoms with Gasteiger partial charge in [-0.2, -0.15) is 0 Å². The molecule has 160 valence electrons. The second-order valence-corrected chi connectivity index (χ2v) is 7.10. The van der Waals surface area contributed by atoms with Gasteiger partial charge in [-0.3, -0.25) is 4.79 Å². The molecule has 3 aromatic rings. The molecule has 1 aliphatic heterocycles. The summed E-state index contributed by atoms with van der Waals surface area (Å²) < 4.78 is 17.9. The predicted octanol–water partition coefficient (Wildman–Crippen LogP) is 3.68. The number of nitrogens with one attached hydrogen (secondary N) is 1. The number of nitrogens with zero attached hydrogens (tertiary/aromatic N) is 1. The topological polar surface area (TPSA) is 99.0 Å². The Morgan fingerprint density at radius 3 is 2.52 bits per heavy atom. The maximum atomic E-state index is 12.5. The third kappa shape index (κ3) is 3.56. The maximum Gasteiger partial charge on any atom is 0.339 e. The third-order valence-electron chi connectivity index (χ3n) is 5.40. The lowest BCUT2D eigenvalue weighted by atomic mass is 9.88. The van der Waals surface area contributed by atoms with Crippen molar-refractivity contribution in [2.24, 2.45) is 0 Å². The lowest BCUT2D eigenvalue weighted by Gasteiger charge is -2.27. The van der Waals surface area contributed by atoms with Gasteiger partial charge in [0.15, 0.2) is 11.5 Å². The largest absolute Gasteiger partial charge is 0.497 e. The second kappa shape index (κ2) is 8.06. The van der Waals surface area contributed by atoms with E-state index in [1.165, 1.54) is 6.20 Å². The number of benzene rings is 2. The molecular formula is C23H22N2O6. The van der Waals surface area contributed by atoms with E-state index in [0.29, 0.717) is 28.6 Å². The number of carboxylic acid groups (broad SMARTS) is 1. The highest BCUT2D eigenvalue weighted by molar-refractivity contribution is 6.04. The minimum atomic E-state index is -1.12. The molecule has 0 saturated heterocycles. The number of amides is 1. The zero-order chi connectivity index (χ0) is 22.1. The molecule has 2 aromatic carbocycles. The molecule has 0 spiro atoms. The second-order valence-electron chi connectivity index (χ2n) is 7.10. The maximum absolute atomic E-state index is 12.5. The smallest absolute Gasteiger partial charge is 0.339 e. The number of ether oxygens (including phenoxy) is 3. The Hall–Kier alpha value is -3.94. The minimum absolute atomic E-state index is 0.0244. The van der Waals surface area contributed by atoms with Gasteiger partial charge in [0.25, 0.3) is 0 Å². The molecular weight excluding hydrogens is 400 g/mol. The normalized spacial score (nSPS) is 15.1. The van der Waals surface area contributed by atoms with Gasteiger partial charge in [-0.15, -0.1) is 0 Å². The van der Waals surface area contributed by atoms with Crippen LogP contribution in [0.15, 0.2) is 48.7 Å². The summed E-state index contributed by atoms with van der Waals surface area (Å²) in [7, 11) is 4.67. The molecule has 8 nitrogen and oxygen atoms in total. The number of rotatable bonds is 6. The fraction of sp³-hybridized carbons (Fsp3) is 0.217. The Kier molecular flexibility index (Phi) is 5.29. The van der Waals surface area contributed by atoms with Crippen LogP contribution in [0.4, 0.5) is 5.69 Å². The first kappa shape index (κ1) is 20.3. The average Bonchev–Trinajstić information content (AvgIpc) is 3.17. The summed E-state index contributed by atoms with van der Waals surface area (Å²) in [5.74, 6) is -0.0156. The highest BCUT2D eigenvalue weighted by Crippen LogP contribution is 2.43. The summed E-state index contributed by atoms with van der Waals surface area (Å²) in [6.07, 6.45) is 1.69. The SMILES string of the molecule is COc1cccc(-n2cc(C(=O)O)c3c2[C@H](c2ccc(OC)c(OC)c2)CC(=O)N3)c1. The minimum Gasteiger partial charge on any atom is -0.497 e. The number of hydrogen-bond acceptors (Lipinski definition) is 5. The fourth-order valence-electron chi connectivity index (χ4n) is 3.95. The van der Waals surface area contributed by atoms with Crippen LogP contribution in [-0.4, -0.2) is 42.9 Å². The van der Waals surface area contributed by atoms with E-state index < -0.39 is 5.97 Å². The molecule has 0 unspecified atom stereocenters. The van der Waals surface area contributed by atoms with Crippen molar-refractivity contribution >= 4 is 17.6 Å². The Balaban J connectivity index is 1.95. The Morgan fingerprint density at radius 2 is 1.84 bits per heavy atom. The van der Waals surface area contributed by atoms with Gasteiger partial charge in [-0.1, -0.05) is 12.1 Å². The van der Waals surface area contributed by atoms with Crippen molar-refractivity contribution in [2.45, 2.75) is 12.3 Å². The number of methoxy groups -OCH3 is 3. The van der Waals surface area contributed by atoms with Crippen LogP contribution in [0.1, 0.15) is 34.0 Å². The van der Waals surface area contributed by atoms with Crippen molar-refractivity contribution in [2.75, 3.05) is 26.6 Å². The number of carbonyl (C=O) groups excluding carboxylic acids is 1. The Morgan fingerprint density at radius 1 is 1.06 bits per heavy atom. The number of anilines is 1. The van der Waals surface area contributed by atoms with Gasteiger partial charge in [0.1, 0.15) is 11.3 Å². The van der Waals surface area contributed by atoms with Gasteiger partial charge in [-0.05, 0) is 29.8 Å². The van der Waals surface area contributed by atoms with Crippen molar-refractivity contribution in [1.82, 2.24) is 4.57 Å². The molecule has 4 rings (SSSR count). The molecule has 0 saturated carbocycles. The summed E-state index contributed by atoms with van der Waals surface area (Å²) in [6.45, 7) is 0. The van der Waals surface area contributed by atoms with Crippen LogP contribution < -0.4 is 19.5 Å². The monoisotopic (exact) mass is 422 g/mol. The number of aromatic nitrogens is 1. The molecule has 0 aliphatic carbocycles. The summed E-state index contributed by atoms with van der Waals surface area (Å²) >= 11 is 0. The zero-order valence-corrected chi connectivity index (χ0v) is 17.3. The summed E-state index contributed by atoms with van der Waals surface area (Å²) in [5, 5.41) is 12.5.